The molecular formula is C14H17FN4O. The zero-order valence-corrected chi connectivity index (χ0v) is 11.0. The summed E-state index contributed by atoms with van der Waals surface area (Å²) in [6.07, 6.45) is 2.50. The number of imidazole rings is 1. The van der Waals surface area contributed by atoms with Gasteiger partial charge in [-0.15, -0.1) is 0 Å². The molecule has 6 heteroatoms. The second-order valence-electron chi connectivity index (χ2n) is 5.33. The van der Waals surface area contributed by atoms with Crippen LogP contribution < -0.4 is 11.1 Å². The summed E-state index contributed by atoms with van der Waals surface area (Å²) in [7, 11) is 0. The summed E-state index contributed by atoms with van der Waals surface area (Å²) in [5.41, 5.74) is 7.13. The van der Waals surface area contributed by atoms with Crippen LogP contribution in [0.15, 0.2) is 18.2 Å². The number of nitrogens with two attached hydrogens (primary N) is 1. The number of amides is 1. The van der Waals surface area contributed by atoms with Crippen molar-refractivity contribution in [1.29, 1.82) is 0 Å². The molecule has 0 radical (unpaired) electrons. The number of nitrogens with zero attached hydrogens (tertiary/aromatic N) is 1. The van der Waals surface area contributed by atoms with Gasteiger partial charge in [0.1, 0.15) is 11.6 Å². The molecule has 2 atom stereocenters. The lowest BCUT2D eigenvalue weighted by molar-refractivity contribution is -0.125. The summed E-state index contributed by atoms with van der Waals surface area (Å²) in [4.78, 5) is 19.3. The van der Waals surface area contributed by atoms with Crippen molar-refractivity contribution < 1.29 is 9.18 Å². The zero-order chi connectivity index (χ0) is 14.1. The van der Waals surface area contributed by atoms with Crippen molar-refractivity contribution in [2.24, 2.45) is 11.7 Å². The van der Waals surface area contributed by atoms with E-state index in [-0.39, 0.29) is 23.7 Å². The van der Waals surface area contributed by atoms with Crippen molar-refractivity contribution in [2.45, 2.75) is 31.8 Å². The highest BCUT2D eigenvalue weighted by Gasteiger charge is 2.27. The minimum atomic E-state index is -0.309. The van der Waals surface area contributed by atoms with Crippen molar-refractivity contribution in [3.63, 3.8) is 0 Å². The fourth-order valence-electron chi connectivity index (χ4n) is 2.69. The van der Waals surface area contributed by atoms with E-state index in [1.807, 2.05) is 0 Å². The summed E-state index contributed by atoms with van der Waals surface area (Å²) >= 11 is 0. The number of hydrogen-bond acceptors (Lipinski definition) is 3. The predicted molar refractivity (Wildman–Crippen MR) is 73.2 cm³/mol. The lowest BCUT2D eigenvalue weighted by atomic mass is 10.1. The highest BCUT2D eigenvalue weighted by Crippen LogP contribution is 2.24. The molecule has 1 fully saturated rings. The number of carbonyl (C=O) groups excluding carboxylic acids is 1. The smallest absolute Gasteiger partial charge is 0.223 e. The normalized spacial score (nSPS) is 22.3. The number of fused-ring (bicyclic) bond motifs is 1. The molecule has 1 saturated carbocycles. The van der Waals surface area contributed by atoms with Crippen LogP contribution in [0.1, 0.15) is 25.1 Å². The number of carbonyl (C=O) groups is 1. The first-order valence-electron chi connectivity index (χ1n) is 6.79. The Morgan fingerprint density at radius 2 is 2.35 bits per heavy atom. The monoisotopic (exact) mass is 276 g/mol. The second kappa shape index (κ2) is 5.20. The number of aromatic amines is 1. The lowest BCUT2D eigenvalue weighted by Gasteiger charge is -2.09. The number of halogens is 1. The fraction of sp³-hybridized carbons (Fsp3) is 0.429. The molecular weight excluding hydrogens is 259 g/mol. The Morgan fingerprint density at radius 1 is 1.50 bits per heavy atom. The van der Waals surface area contributed by atoms with Gasteiger partial charge in [-0.1, -0.05) is 0 Å². The van der Waals surface area contributed by atoms with E-state index in [0.29, 0.717) is 23.4 Å². The number of hydrogen-bond donors (Lipinski definition) is 3. The first-order chi connectivity index (χ1) is 9.61. The van der Waals surface area contributed by atoms with Crippen molar-refractivity contribution in [2.75, 3.05) is 0 Å². The summed E-state index contributed by atoms with van der Waals surface area (Å²) in [6, 6.07) is 4.51. The molecule has 1 heterocycles. The molecule has 106 valence electrons. The molecule has 0 aliphatic heterocycles. The van der Waals surface area contributed by atoms with Crippen LogP contribution in [0, 0.1) is 11.7 Å². The molecule has 1 aliphatic rings. The van der Waals surface area contributed by atoms with E-state index < -0.39 is 0 Å². The quantitative estimate of drug-likeness (QED) is 0.793. The van der Waals surface area contributed by atoms with Crippen LogP contribution in [0.4, 0.5) is 4.39 Å². The van der Waals surface area contributed by atoms with Gasteiger partial charge in [0.05, 0.1) is 17.6 Å². The van der Waals surface area contributed by atoms with Crippen molar-refractivity contribution in [3.05, 3.63) is 29.8 Å². The van der Waals surface area contributed by atoms with E-state index in [4.69, 9.17) is 5.73 Å². The van der Waals surface area contributed by atoms with E-state index in [1.54, 1.807) is 6.07 Å². The van der Waals surface area contributed by atoms with Crippen molar-refractivity contribution >= 4 is 16.9 Å². The average Bonchev–Trinajstić information content (AvgIpc) is 3.01. The molecule has 4 N–H and O–H groups in total. The van der Waals surface area contributed by atoms with Gasteiger partial charge in [0.15, 0.2) is 0 Å². The summed E-state index contributed by atoms with van der Waals surface area (Å²) in [5.74, 6) is 0.342. The Morgan fingerprint density at radius 3 is 3.10 bits per heavy atom. The van der Waals surface area contributed by atoms with Gasteiger partial charge in [-0.25, -0.2) is 9.37 Å². The molecule has 0 unspecified atom stereocenters. The maximum Gasteiger partial charge on any atom is 0.223 e. The summed E-state index contributed by atoms with van der Waals surface area (Å²) < 4.78 is 13.1. The van der Waals surface area contributed by atoms with E-state index in [0.717, 1.165) is 19.3 Å². The molecule has 0 saturated heterocycles. The van der Waals surface area contributed by atoms with Crippen LogP contribution in [-0.4, -0.2) is 21.9 Å². The predicted octanol–water partition coefficient (Wildman–Crippen LogP) is 1.45. The highest BCUT2D eigenvalue weighted by molar-refractivity contribution is 5.79. The van der Waals surface area contributed by atoms with Crippen LogP contribution >= 0.6 is 0 Å². The van der Waals surface area contributed by atoms with Gasteiger partial charge in [0.2, 0.25) is 5.91 Å². The maximum atomic E-state index is 13.1. The molecule has 0 bridgehead atoms. The van der Waals surface area contributed by atoms with E-state index >= 15 is 0 Å². The van der Waals surface area contributed by atoms with Crippen LogP contribution in [0.2, 0.25) is 0 Å². The highest BCUT2D eigenvalue weighted by atomic mass is 19.1. The third kappa shape index (κ3) is 2.65. The second-order valence-corrected chi connectivity index (χ2v) is 5.33. The van der Waals surface area contributed by atoms with E-state index in [9.17, 15) is 9.18 Å². The molecule has 3 rings (SSSR count). The van der Waals surface area contributed by atoms with Gasteiger partial charge in [-0.3, -0.25) is 4.79 Å². The van der Waals surface area contributed by atoms with Crippen molar-refractivity contribution in [3.8, 4) is 0 Å². The maximum absolute atomic E-state index is 13.1. The number of rotatable bonds is 3. The SMILES string of the molecule is N[C@@H]1CC[C@H](C(=O)NCc2nc3ccc(F)cc3[nH]2)C1. The van der Waals surface area contributed by atoms with Gasteiger partial charge < -0.3 is 16.0 Å². The Labute approximate surface area is 115 Å². The van der Waals surface area contributed by atoms with E-state index in [1.165, 1.54) is 12.1 Å². The van der Waals surface area contributed by atoms with Crippen LogP contribution in [-0.2, 0) is 11.3 Å². The fourth-order valence-corrected chi connectivity index (χ4v) is 2.69. The molecule has 1 aromatic carbocycles. The van der Waals surface area contributed by atoms with Gasteiger partial charge in [-0.05, 0) is 37.5 Å². The Hall–Kier alpha value is -1.95. The van der Waals surface area contributed by atoms with Crippen LogP contribution in [0.25, 0.3) is 11.0 Å². The Balaban J connectivity index is 1.63. The average molecular weight is 276 g/mol. The summed E-state index contributed by atoms with van der Waals surface area (Å²) in [6.45, 7) is 0.320. The lowest BCUT2D eigenvalue weighted by Crippen LogP contribution is -2.30. The molecule has 1 aliphatic carbocycles. The minimum Gasteiger partial charge on any atom is -0.349 e. The Kier molecular flexibility index (Phi) is 3.40. The number of benzene rings is 1. The third-order valence-corrected chi connectivity index (χ3v) is 3.77. The van der Waals surface area contributed by atoms with Gasteiger partial charge in [0, 0.05) is 12.0 Å². The van der Waals surface area contributed by atoms with Gasteiger partial charge in [0.25, 0.3) is 0 Å². The molecule has 1 amide bonds. The largest absolute Gasteiger partial charge is 0.349 e. The molecule has 5 nitrogen and oxygen atoms in total. The zero-order valence-electron chi connectivity index (χ0n) is 11.0. The van der Waals surface area contributed by atoms with Gasteiger partial charge in [-0.2, -0.15) is 0 Å². The van der Waals surface area contributed by atoms with Gasteiger partial charge >= 0.3 is 0 Å². The minimum absolute atomic E-state index is 0.00632. The first kappa shape index (κ1) is 13.1. The molecule has 2 aromatic rings. The first-order valence-corrected chi connectivity index (χ1v) is 6.79. The topological polar surface area (TPSA) is 83.8 Å². The molecule has 0 spiro atoms. The van der Waals surface area contributed by atoms with Crippen LogP contribution in [0.5, 0.6) is 0 Å². The number of aromatic nitrogens is 2. The Bertz CT molecular complexity index is 639. The third-order valence-electron chi connectivity index (χ3n) is 3.77. The van der Waals surface area contributed by atoms with Crippen molar-refractivity contribution in [1.82, 2.24) is 15.3 Å². The van der Waals surface area contributed by atoms with E-state index in [2.05, 4.69) is 15.3 Å². The molecule has 1 aromatic heterocycles. The number of H-pyrrole nitrogens is 1. The summed E-state index contributed by atoms with van der Waals surface area (Å²) in [5, 5.41) is 2.86. The molecule has 20 heavy (non-hydrogen) atoms. The number of nitrogens with one attached hydrogen (secondary N) is 2. The van der Waals surface area contributed by atoms with Crippen LogP contribution in [0.3, 0.4) is 0 Å². The standard InChI is InChI=1S/C14H17FN4O/c15-9-2-4-11-12(6-9)19-13(18-11)7-17-14(20)8-1-3-10(16)5-8/h2,4,6,8,10H,1,3,5,7,16H2,(H,17,20)(H,18,19)/t8-,10+/m0/s1.